The fourth-order valence-corrected chi connectivity index (χ4v) is 2.68. The summed E-state index contributed by atoms with van der Waals surface area (Å²) in [7, 11) is 0. The Balaban J connectivity index is 2.07. The van der Waals surface area contributed by atoms with E-state index in [1.807, 2.05) is 42.3 Å². The van der Waals surface area contributed by atoms with Crippen molar-refractivity contribution in [2.45, 2.75) is 18.2 Å². The van der Waals surface area contributed by atoms with Crippen LogP contribution in [-0.2, 0) is 0 Å². The van der Waals surface area contributed by atoms with Gasteiger partial charge >= 0.3 is 0 Å². The Hall–Kier alpha value is -1.49. The second-order valence-corrected chi connectivity index (χ2v) is 5.60. The second kappa shape index (κ2) is 6.10. The van der Waals surface area contributed by atoms with Gasteiger partial charge in [-0.2, -0.15) is 0 Å². The molecular formula is C14H18N2O2S. The first kappa shape index (κ1) is 13.9. The van der Waals surface area contributed by atoms with Crippen molar-refractivity contribution in [3.63, 3.8) is 0 Å². The van der Waals surface area contributed by atoms with Gasteiger partial charge in [-0.05, 0) is 30.5 Å². The maximum absolute atomic E-state index is 12.4. The van der Waals surface area contributed by atoms with Gasteiger partial charge in [0.15, 0.2) is 0 Å². The molecule has 1 amide bonds. The summed E-state index contributed by atoms with van der Waals surface area (Å²) in [4.78, 5) is 15.3. The van der Waals surface area contributed by atoms with E-state index < -0.39 is 0 Å². The summed E-state index contributed by atoms with van der Waals surface area (Å²) in [5.74, 6) is 0.171. The van der Waals surface area contributed by atoms with Crippen molar-refractivity contribution in [3.8, 4) is 0 Å². The largest absolute Gasteiger partial charge is 0.411 e. The third-order valence-corrected chi connectivity index (χ3v) is 4.20. The van der Waals surface area contributed by atoms with E-state index in [1.165, 1.54) is 0 Å². The molecule has 1 aliphatic heterocycles. The molecule has 1 aromatic carbocycles. The number of likely N-dealkylation sites (tertiary alicyclic amines) is 1. The molecular weight excluding hydrogens is 260 g/mol. The number of piperidine rings is 1. The number of benzene rings is 1. The van der Waals surface area contributed by atoms with Crippen molar-refractivity contribution in [3.05, 3.63) is 29.8 Å². The summed E-state index contributed by atoms with van der Waals surface area (Å²) in [6.07, 6.45) is 2.66. The predicted molar refractivity (Wildman–Crippen MR) is 77.1 cm³/mol. The molecule has 0 spiro atoms. The first-order valence-corrected chi connectivity index (χ1v) is 7.52. The molecule has 0 radical (unpaired) electrons. The van der Waals surface area contributed by atoms with Gasteiger partial charge < -0.3 is 10.1 Å². The van der Waals surface area contributed by atoms with Crippen LogP contribution in [0.25, 0.3) is 0 Å². The topological polar surface area (TPSA) is 52.9 Å². The molecule has 1 saturated heterocycles. The smallest absolute Gasteiger partial charge is 0.253 e. The number of carbonyl (C=O) groups is 1. The summed E-state index contributed by atoms with van der Waals surface area (Å²) in [6.45, 7) is 3.21. The Morgan fingerprint density at radius 2 is 2.11 bits per heavy atom. The van der Waals surface area contributed by atoms with Gasteiger partial charge in [-0.1, -0.05) is 12.1 Å². The van der Waals surface area contributed by atoms with Crippen LogP contribution in [0.4, 0.5) is 0 Å². The van der Waals surface area contributed by atoms with Crippen LogP contribution in [0.15, 0.2) is 34.3 Å². The van der Waals surface area contributed by atoms with Gasteiger partial charge in [-0.15, -0.1) is 11.8 Å². The maximum Gasteiger partial charge on any atom is 0.253 e. The van der Waals surface area contributed by atoms with Crippen LogP contribution < -0.4 is 0 Å². The molecule has 1 unspecified atom stereocenters. The number of oxime groups is 1. The summed E-state index contributed by atoms with van der Waals surface area (Å²) in [5, 5.41) is 12.1. The lowest BCUT2D eigenvalue weighted by molar-refractivity contribution is 0.0734. The maximum atomic E-state index is 12.4. The van der Waals surface area contributed by atoms with E-state index >= 15 is 0 Å². The van der Waals surface area contributed by atoms with E-state index in [0.29, 0.717) is 19.5 Å². The van der Waals surface area contributed by atoms with Crippen molar-refractivity contribution < 1.29 is 10.0 Å². The van der Waals surface area contributed by atoms with E-state index in [9.17, 15) is 4.79 Å². The van der Waals surface area contributed by atoms with Crippen molar-refractivity contribution in [1.29, 1.82) is 0 Å². The molecule has 0 aliphatic carbocycles. The van der Waals surface area contributed by atoms with E-state index in [4.69, 9.17) is 5.21 Å². The molecule has 5 heteroatoms. The van der Waals surface area contributed by atoms with Gasteiger partial charge in [0.1, 0.15) is 0 Å². The highest BCUT2D eigenvalue weighted by Gasteiger charge is 2.26. The molecule has 1 atom stereocenters. The van der Waals surface area contributed by atoms with E-state index in [0.717, 1.165) is 16.2 Å². The minimum atomic E-state index is 0.0523. The molecule has 1 N–H and O–H groups in total. The Bertz CT molecular complexity index is 485. The highest BCUT2D eigenvalue weighted by molar-refractivity contribution is 7.98. The van der Waals surface area contributed by atoms with Crippen LogP contribution in [0.5, 0.6) is 0 Å². The van der Waals surface area contributed by atoms with Gasteiger partial charge in [0, 0.05) is 35.9 Å². The van der Waals surface area contributed by atoms with Crippen LogP contribution in [0.2, 0.25) is 0 Å². The zero-order valence-electron chi connectivity index (χ0n) is 11.2. The fourth-order valence-electron chi connectivity index (χ4n) is 2.27. The van der Waals surface area contributed by atoms with E-state index in [-0.39, 0.29) is 11.8 Å². The minimum absolute atomic E-state index is 0.0523. The molecule has 4 nitrogen and oxygen atoms in total. The van der Waals surface area contributed by atoms with Crippen LogP contribution in [0.1, 0.15) is 23.7 Å². The molecule has 1 heterocycles. The van der Waals surface area contributed by atoms with Gasteiger partial charge in [0.25, 0.3) is 5.91 Å². The van der Waals surface area contributed by atoms with Crippen LogP contribution >= 0.6 is 11.8 Å². The zero-order chi connectivity index (χ0) is 13.8. The first-order chi connectivity index (χ1) is 9.15. The summed E-state index contributed by atoms with van der Waals surface area (Å²) in [5.41, 5.74) is 1.50. The van der Waals surface area contributed by atoms with Crippen molar-refractivity contribution in [1.82, 2.24) is 4.90 Å². The Morgan fingerprint density at radius 3 is 2.63 bits per heavy atom. The fraction of sp³-hybridized carbons (Fsp3) is 0.429. The molecule has 0 bridgehead atoms. The molecule has 2 rings (SSSR count). The Labute approximate surface area is 117 Å². The average Bonchev–Trinajstić information content (AvgIpc) is 2.46. The Kier molecular flexibility index (Phi) is 4.47. The van der Waals surface area contributed by atoms with Crippen LogP contribution in [-0.4, -0.2) is 41.1 Å². The molecule has 19 heavy (non-hydrogen) atoms. The number of hydrogen-bond donors (Lipinski definition) is 1. The van der Waals surface area contributed by atoms with E-state index in [1.54, 1.807) is 11.8 Å². The third kappa shape index (κ3) is 3.10. The number of nitrogens with zero attached hydrogens (tertiary/aromatic N) is 2. The predicted octanol–water partition coefficient (Wildman–Crippen LogP) is 2.72. The van der Waals surface area contributed by atoms with Crippen LogP contribution in [0, 0.1) is 5.92 Å². The number of thioether (sulfide) groups is 1. The lowest BCUT2D eigenvalue weighted by Gasteiger charge is -2.31. The zero-order valence-corrected chi connectivity index (χ0v) is 12.0. The second-order valence-electron chi connectivity index (χ2n) is 4.72. The molecule has 0 aromatic heterocycles. The number of rotatable bonds is 2. The van der Waals surface area contributed by atoms with E-state index in [2.05, 4.69) is 5.16 Å². The third-order valence-electron chi connectivity index (χ3n) is 3.45. The minimum Gasteiger partial charge on any atom is -0.411 e. The molecule has 0 saturated carbocycles. The summed E-state index contributed by atoms with van der Waals surface area (Å²) in [6, 6.07) is 7.67. The molecule has 1 aliphatic rings. The monoisotopic (exact) mass is 278 g/mol. The normalized spacial score (nSPS) is 21.7. The standard InChI is InChI=1S/C14H18N2O2S/c1-10-9-16(8-7-13(10)15-18)14(17)11-3-5-12(19-2)6-4-11/h3-6,10,18H,7-9H2,1-2H3/b15-13-. The van der Waals surface area contributed by atoms with Crippen molar-refractivity contribution in [2.24, 2.45) is 11.1 Å². The summed E-state index contributed by atoms with van der Waals surface area (Å²) >= 11 is 1.66. The number of amides is 1. The van der Waals surface area contributed by atoms with Gasteiger partial charge in [-0.25, -0.2) is 0 Å². The number of hydrogen-bond acceptors (Lipinski definition) is 4. The molecule has 1 fully saturated rings. The highest BCUT2D eigenvalue weighted by Crippen LogP contribution is 2.19. The average molecular weight is 278 g/mol. The first-order valence-electron chi connectivity index (χ1n) is 6.30. The molecule has 1 aromatic rings. The summed E-state index contributed by atoms with van der Waals surface area (Å²) < 4.78 is 0. The molecule has 102 valence electrons. The van der Waals surface area contributed by atoms with Crippen LogP contribution in [0.3, 0.4) is 0 Å². The van der Waals surface area contributed by atoms with Gasteiger partial charge in [-0.3, -0.25) is 4.79 Å². The SMILES string of the molecule is CSc1ccc(C(=O)N2CC/C(=N/O)C(C)C2)cc1. The Morgan fingerprint density at radius 1 is 1.42 bits per heavy atom. The quantitative estimate of drug-likeness (QED) is 0.514. The van der Waals surface area contributed by atoms with Crippen molar-refractivity contribution in [2.75, 3.05) is 19.3 Å². The number of carbonyl (C=O) groups excluding carboxylic acids is 1. The lowest BCUT2D eigenvalue weighted by Crippen LogP contribution is -2.43. The highest BCUT2D eigenvalue weighted by atomic mass is 32.2. The van der Waals surface area contributed by atoms with Crippen molar-refractivity contribution >= 4 is 23.4 Å². The van der Waals surface area contributed by atoms with Gasteiger partial charge in [0.2, 0.25) is 0 Å². The van der Waals surface area contributed by atoms with Gasteiger partial charge in [0.05, 0.1) is 5.71 Å². The lowest BCUT2D eigenvalue weighted by atomic mass is 9.97.